The van der Waals surface area contributed by atoms with Gasteiger partial charge in [-0.2, -0.15) is 0 Å². The first-order valence-corrected chi connectivity index (χ1v) is 7.90. The van der Waals surface area contributed by atoms with E-state index in [9.17, 15) is 4.79 Å². The minimum atomic E-state index is -0.695. The summed E-state index contributed by atoms with van der Waals surface area (Å²) in [7, 11) is 0. The third kappa shape index (κ3) is 3.48. The van der Waals surface area contributed by atoms with Crippen LogP contribution in [0.3, 0.4) is 0 Å². The summed E-state index contributed by atoms with van der Waals surface area (Å²) in [6.45, 7) is 4.20. The van der Waals surface area contributed by atoms with Crippen molar-refractivity contribution in [1.82, 2.24) is 9.80 Å². The van der Waals surface area contributed by atoms with Gasteiger partial charge in [0.15, 0.2) is 0 Å². The van der Waals surface area contributed by atoms with E-state index in [0.29, 0.717) is 0 Å². The molecule has 1 heterocycles. The van der Waals surface area contributed by atoms with Gasteiger partial charge in [0.25, 0.3) is 0 Å². The Hall–Kier alpha value is -0.610. The van der Waals surface area contributed by atoms with Crippen LogP contribution in [0.5, 0.6) is 0 Å². The van der Waals surface area contributed by atoms with Crippen molar-refractivity contribution in [3.05, 3.63) is 0 Å². The second kappa shape index (κ2) is 5.80. The largest absolute Gasteiger partial charge is 0.480 e. The number of nitrogens with zero attached hydrogens (tertiary/aromatic N) is 2. The molecule has 4 nitrogen and oxygen atoms in total. The normalized spacial score (nSPS) is 34.3. The van der Waals surface area contributed by atoms with Crippen molar-refractivity contribution in [2.24, 2.45) is 11.8 Å². The summed E-state index contributed by atoms with van der Waals surface area (Å²) >= 11 is 0. The van der Waals surface area contributed by atoms with E-state index < -0.39 is 5.97 Å². The molecule has 0 spiro atoms. The molecule has 2 saturated carbocycles. The van der Waals surface area contributed by atoms with Crippen LogP contribution in [0.25, 0.3) is 0 Å². The topological polar surface area (TPSA) is 43.8 Å². The summed E-state index contributed by atoms with van der Waals surface area (Å²) in [4.78, 5) is 15.4. The lowest BCUT2D eigenvalue weighted by atomic mass is 9.82. The first-order chi connectivity index (χ1) is 9.22. The van der Waals surface area contributed by atoms with Crippen LogP contribution in [-0.4, -0.2) is 59.6 Å². The molecule has 0 radical (unpaired) electrons. The number of piperazine rings is 1. The Bertz CT molecular complexity index is 322. The average Bonchev–Trinajstić information content (AvgIpc) is 3.23. The lowest BCUT2D eigenvalue weighted by Crippen LogP contribution is -2.52. The van der Waals surface area contributed by atoms with Crippen molar-refractivity contribution < 1.29 is 9.90 Å². The zero-order valence-electron chi connectivity index (χ0n) is 11.8. The van der Waals surface area contributed by atoms with Crippen molar-refractivity contribution in [2.45, 2.75) is 44.6 Å². The van der Waals surface area contributed by atoms with Crippen LogP contribution < -0.4 is 0 Å². The molecule has 3 aliphatic rings. The zero-order valence-corrected chi connectivity index (χ0v) is 11.8. The second-order valence-electron chi connectivity index (χ2n) is 6.62. The van der Waals surface area contributed by atoms with E-state index in [4.69, 9.17) is 5.11 Å². The number of rotatable bonds is 4. The summed E-state index contributed by atoms with van der Waals surface area (Å²) < 4.78 is 0. The minimum Gasteiger partial charge on any atom is -0.480 e. The third-order valence-corrected chi connectivity index (χ3v) is 5.26. The minimum absolute atomic E-state index is 0.212. The molecule has 1 N–H and O–H groups in total. The van der Waals surface area contributed by atoms with Crippen LogP contribution in [0.1, 0.15) is 38.5 Å². The first-order valence-electron chi connectivity index (χ1n) is 7.90. The van der Waals surface area contributed by atoms with E-state index in [1.54, 1.807) is 0 Å². The molecule has 19 heavy (non-hydrogen) atoms. The van der Waals surface area contributed by atoms with Crippen LogP contribution in [0, 0.1) is 11.8 Å². The molecule has 4 heteroatoms. The van der Waals surface area contributed by atoms with Gasteiger partial charge in [0.05, 0.1) is 6.54 Å². The van der Waals surface area contributed by atoms with E-state index in [0.717, 1.165) is 44.1 Å². The Morgan fingerprint density at radius 3 is 2.37 bits per heavy atom. The van der Waals surface area contributed by atoms with Crippen molar-refractivity contribution in [3.63, 3.8) is 0 Å². The predicted molar refractivity (Wildman–Crippen MR) is 74.1 cm³/mol. The van der Waals surface area contributed by atoms with Gasteiger partial charge in [-0.15, -0.1) is 0 Å². The van der Waals surface area contributed by atoms with Crippen LogP contribution in [0.4, 0.5) is 0 Å². The lowest BCUT2D eigenvalue weighted by molar-refractivity contribution is -0.138. The fraction of sp³-hybridized carbons (Fsp3) is 0.933. The van der Waals surface area contributed by atoms with Gasteiger partial charge < -0.3 is 5.11 Å². The molecule has 0 bridgehead atoms. The molecule has 2 atom stereocenters. The molecule has 108 valence electrons. The Kier molecular flexibility index (Phi) is 4.08. The van der Waals surface area contributed by atoms with Gasteiger partial charge in [-0.25, -0.2) is 0 Å². The highest BCUT2D eigenvalue weighted by atomic mass is 16.4. The number of carboxylic acid groups (broad SMARTS) is 1. The quantitative estimate of drug-likeness (QED) is 0.840. The summed E-state index contributed by atoms with van der Waals surface area (Å²) in [5.41, 5.74) is 0. The molecule has 0 aromatic rings. The smallest absolute Gasteiger partial charge is 0.317 e. The Morgan fingerprint density at radius 2 is 1.74 bits per heavy atom. The summed E-state index contributed by atoms with van der Waals surface area (Å²) in [5.74, 6) is 1.35. The van der Waals surface area contributed by atoms with Gasteiger partial charge in [0, 0.05) is 32.2 Å². The standard InChI is InChI=1S/C15H26N2O2/c18-15(19)11-16-6-8-17(9-7-16)14-3-1-2-13(10-14)12-4-5-12/h12-14H,1-11H2,(H,18,19). The molecule has 1 aliphatic heterocycles. The molecule has 3 rings (SSSR count). The van der Waals surface area contributed by atoms with Crippen LogP contribution >= 0.6 is 0 Å². The van der Waals surface area contributed by atoms with E-state index in [2.05, 4.69) is 9.80 Å². The van der Waals surface area contributed by atoms with Gasteiger partial charge in [-0.05, 0) is 37.5 Å². The molecule has 0 amide bonds. The van der Waals surface area contributed by atoms with Gasteiger partial charge >= 0.3 is 5.97 Å². The molecular formula is C15H26N2O2. The number of carboxylic acids is 1. The van der Waals surface area contributed by atoms with Crippen LogP contribution in [0.15, 0.2) is 0 Å². The Morgan fingerprint density at radius 1 is 1.00 bits per heavy atom. The molecular weight excluding hydrogens is 240 g/mol. The SMILES string of the molecule is O=C(O)CN1CCN(C2CCCC(C3CC3)C2)CC1. The lowest BCUT2D eigenvalue weighted by Gasteiger charge is -2.42. The van der Waals surface area contributed by atoms with Crippen molar-refractivity contribution in [3.8, 4) is 0 Å². The fourth-order valence-electron chi connectivity index (χ4n) is 4.01. The van der Waals surface area contributed by atoms with Crippen molar-refractivity contribution in [2.75, 3.05) is 32.7 Å². The summed E-state index contributed by atoms with van der Waals surface area (Å²) in [6, 6.07) is 0.784. The van der Waals surface area contributed by atoms with Gasteiger partial charge in [-0.3, -0.25) is 14.6 Å². The van der Waals surface area contributed by atoms with E-state index in [-0.39, 0.29) is 6.54 Å². The summed E-state index contributed by atoms with van der Waals surface area (Å²) in [6.07, 6.45) is 8.58. The average molecular weight is 266 g/mol. The molecule has 2 aliphatic carbocycles. The highest BCUT2D eigenvalue weighted by molar-refractivity contribution is 5.69. The number of aliphatic carboxylic acids is 1. The van der Waals surface area contributed by atoms with Crippen molar-refractivity contribution >= 4 is 5.97 Å². The number of carbonyl (C=O) groups is 1. The Balaban J connectivity index is 1.46. The molecule has 1 saturated heterocycles. The maximum Gasteiger partial charge on any atom is 0.317 e. The Labute approximate surface area is 115 Å². The van der Waals surface area contributed by atoms with Gasteiger partial charge in [0.2, 0.25) is 0 Å². The fourth-order valence-corrected chi connectivity index (χ4v) is 4.01. The van der Waals surface area contributed by atoms with E-state index in [1.165, 1.54) is 38.5 Å². The van der Waals surface area contributed by atoms with Gasteiger partial charge in [0.1, 0.15) is 0 Å². The molecule has 3 fully saturated rings. The van der Waals surface area contributed by atoms with Crippen molar-refractivity contribution in [1.29, 1.82) is 0 Å². The van der Waals surface area contributed by atoms with Gasteiger partial charge in [-0.1, -0.05) is 12.8 Å². The molecule has 2 unspecified atom stereocenters. The number of hydrogen-bond donors (Lipinski definition) is 1. The highest BCUT2D eigenvalue weighted by Gasteiger charge is 2.36. The van der Waals surface area contributed by atoms with E-state index >= 15 is 0 Å². The van der Waals surface area contributed by atoms with E-state index in [1.807, 2.05) is 0 Å². The highest BCUT2D eigenvalue weighted by Crippen LogP contribution is 2.44. The number of hydrogen-bond acceptors (Lipinski definition) is 3. The molecule has 0 aromatic carbocycles. The maximum atomic E-state index is 10.7. The maximum absolute atomic E-state index is 10.7. The third-order valence-electron chi connectivity index (χ3n) is 5.26. The monoisotopic (exact) mass is 266 g/mol. The first kappa shape index (κ1) is 13.4. The zero-order chi connectivity index (χ0) is 13.2. The van der Waals surface area contributed by atoms with Crippen LogP contribution in [0.2, 0.25) is 0 Å². The predicted octanol–water partition coefficient (Wildman–Crippen LogP) is 1.66. The van der Waals surface area contributed by atoms with Crippen LogP contribution in [-0.2, 0) is 4.79 Å². The summed E-state index contributed by atoms with van der Waals surface area (Å²) in [5, 5.41) is 8.83. The molecule has 0 aromatic heterocycles. The second-order valence-corrected chi connectivity index (χ2v) is 6.62.